The van der Waals surface area contributed by atoms with E-state index in [1.54, 1.807) is 21.6 Å². The van der Waals surface area contributed by atoms with Crippen LogP contribution in [0.2, 0.25) is 0 Å². The number of carbonyl (C=O) groups is 1. The molecule has 10 heteroatoms. The average molecular weight is 414 g/mol. The van der Waals surface area contributed by atoms with Gasteiger partial charge in [-0.15, -0.1) is 0 Å². The van der Waals surface area contributed by atoms with Gasteiger partial charge in [0.15, 0.2) is 0 Å². The summed E-state index contributed by atoms with van der Waals surface area (Å²) in [6.07, 6.45) is 7.00. The second kappa shape index (κ2) is 7.94. The van der Waals surface area contributed by atoms with Gasteiger partial charge >= 0.3 is 6.09 Å². The first-order valence-electron chi connectivity index (χ1n) is 9.84. The number of amides is 1. The maximum Gasteiger partial charge on any atom is 0.407 e. The summed E-state index contributed by atoms with van der Waals surface area (Å²) in [4.78, 5) is 16.8. The molecule has 1 fully saturated rings. The number of fused-ring (bicyclic) bond motifs is 1. The molecule has 0 saturated carbocycles. The van der Waals surface area contributed by atoms with Gasteiger partial charge in [-0.2, -0.15) is 10.2 Å². The highest BCUT2D eigenvalue weighted by Gasteiger charge is 2.28. The van der Waals surface area contributed by atoms with E-state index in [1.807, 2.05) is 46.3 Å². The number of aryl methyl sites for hydroxylation is 1. The van der Waals surface area contributed by atoms with Crippen molar-refractivity contribution < 1.29 is 19.0 Å². The predicted octanol–water partition coefficient (Wildman–Crippen LogP) is 2.19. The smallest absolute Gasteiger partial charge is 0.407 e. The summed E-state index contributed by atoms with van der Waals surface area (Å²) in [5.41, 5.74) is 1.77. The molecule has 1 N–H and O–H groups in total. The molecule has 160 valence electrons. The zero-order chi connectivity index (χ0) is 21.3. The van der Waals surface area contributed by atoms with Crippen LogP contribution in [0.5, 0.6) is 5.88 Å². The van der Waals surface area contributed by atoms with Crippen LogP contribution in [0.1, 0.15) is 27.2 Å². The van der Waals surface area contributed by atoms with Crippen LogP contribution in [-0.2, 0) is 16.5 Å². The monoisotopic (exact) mass is 414 g/mol. The number of aromatic nitrogens is 5. The lowest BCUT2D eigenvalue weighted by Crippen LogP contribution is -2.48. The number of nitrogens with one attached hydrogen (secondary N) is 1. The molecule has 1 aliphatic heterocycles. The Hall–Kier alpha value is -3.14. The quantitative estimate of drug-likeness (QED) is 0.698. The molecule has 1 aliphatic rings. The number of hydrogen-bond acceptors (Lipinski definition) is 7. The molecule has 0 radical (unpaired) electrons. The fraction of sp³-hybridized carbons (Fsp3) is 0.500. The van der Waals surface area contributed by atoms with E-state index < -0.39 is 11.7 Å². The SMILES string of the molecule is Cn1cc(-c2cn3nccc3c(O[C@H]3COC[C@@H](NC(=O)OC(C)(C)C)C3)n2)cn1. The van der Waals surface area contributed by atoms with Crippen molar-refractivity contribution >= 4 is 11.6 Å². The van der Waals surface area contributed by atoms with Gasteiger partial charge in [-0.1, -0.05) is 0 Å². The Balaban J connectivity index is 1.49. The van der Waals surface area contributed by atoms with Gasteiger partial charge in [0.2, 0.25) is 5.88 Å². The summed E-state index contributed by atoms with van der Waals surface area (Å²) in [6, 6.07) is 1.64. The molecule has 30 heavy (non-hydrogen) atoms. The van der Waals surface area contributed by atoms with E-state index in [0.717, 1.165) is 11.1 Å². The minimum atomic E-state index is -0.556. The molecule has 0 aliphatic carbocycles. The van der Waals surface area contributed by atoms with Crippen molar-refractivity contribution in [2.75, 3.05) is 13.2 Å². The second-order valence-corrected chi connectivity index (χ2v) is 8.35. The van der Waals surface area contributed by atoms with Gasteiger partial charge in [-0.25, -0.2) is 14.3 Å². The molecule has 1 saturated heterocycles. The van der Waals surface area contributed by atoms with Gasteiger partial charge in [-0.3, -0.25) is 4.68 Å². The zero-order valence-electron chi connectivity index (χ0n) is 17.5. The van der Waals surface area contributed by atoms with Gasteiger partial charge in [0.25, 0.3) is 0 Å². The summed E-state index contributed by atoms with van der Waals surface area (Å²) in [5, 5.41) is 11.4. The summed E-state index contributed by atoms with van der Waals surface area (Å²) in [7, 11) is 1.85. The molecule has 0 spiro atoms. The molecular formula is C20H26N6O4. The molecule has 4 heterocycles. The summed E-state index contributed by atoms with van der Waals surface area (Å²) >= 11 is 0. The van der Waals surface area contributed by atoms with Crippen LogP contribution < -0.4 is 10.1 Å². The van der Waals surface area contributed by atoms with Gasteiger partial charge in [0.05, 0.1) is 43.5 Å². The lowest BCUT2D eigenvalue weighted by Gasteiger charge is -2.30. The highest BCUT2D eigenvalue weighted by Crippen LogP contribution is 2.26. The number of nitrogens with zero attached hydrogens (tertiary/aromatic N) is 5. The molecule has 0 bridgehead atoms. The van der Waals surface area contributed by atoms with E-state index in [0.29, 0.717) is 31.2 Å². The number of carbonyl (C=O) groups excluding carboxylic acids is 1. The van der Waals surface area contributed by atoms with Crippen molar-refractivity contribution in [1.82, 2.24) is 29.7 Å². The molecule has 0 unspecified atom stereocenters. The van der Waals surface area contributed by atoms with E-state index in [2.05, 4.69) is 20.5 Å². The molecule has 0 aromatic carbocycles. The third-order valence-corrected chi connectivity index (χ3v) is 4.53. The van der Waals surface area contributed by atoms with Gasteiger partial charge < -0.3 is 19.5 Å². The molecule has 10 nitrogen and oxygen atoms in total. The minimum absolute atomic E-state index is 0.207. The van der Waals surface area contributed by atoms with Crippen LogP contribution >= 0.6 is 0 Å². The van der Waals surface area contributed by atoms with Crippen molar-refractivity contribution in [2.45, 2.75) is 44.9 Å². The highest BCUT2D eigenvalue weighted by atomic mass is 16.6. The lowest BCUT2D eigenvalue weighted by atomic mass is 10.1. The third kappa shape index (κ3) is 4.70. The van der Waals surface area contributed by atoms with Crippen molar-refractivity contribution in [1.29, 1.82) is 0 Å². The average Bonchev–Trinajstić information content (AvgIpc) is 3.29. The maximum absolute atomic E-state index is 12.1. The molecule has 1 amide bonds. The van der Waals surface area contributed by atoms with Crippen molar-refractivity contribution in [3.8, 4) is 17.1 Å². The Morgan fingerprint density at radius 3 is 2.83 bits per heavy atom. The first kappa shape index (κ1) is 20.1. The molecular weight excluding hydrogens is 388 g/mol. The topological polar surface area (TPSA) is 105 Å². The lowest BCUT2D eigenvalue weighted by molar-refractivity contribution is -0.0163. The Bertz CT molecular complexity index is 1040. The number of ether oxygens (including phenoxy) is 3. The van der Waals surface area contributed by atoms with E-state index >= 15 is 0 Å². The van der Waals surface area contributed by atoms with Crippen molar-refractivity contribution in [3.63, 3.8) is 0 Å². The van der Waals surface area contributed by atoms with E-state index in [9.17, 15) is 4.79 Å². The van der Waals surface area contributed by atoms with Crippen LogP contribution in [0.25, 0.3) is 16.8 Å². The number of rotatable bonds is 4. The highest BCUT2D eigenvalue weighted by molar-refractivity contribution is 5.68. The van der Waals surface area contributed by atoms with Crippen LogP contribution in [0.4, 0.5) is 4.79 Å². The summed E-state index contributed by atoms with van der Waals surface area (Å²) in [5.74, 6) is 0.459. The predicted molar refractivity (Wildman–Crippen MR) is 108 cm³/mol. The van der Waals surface area contributed by atoms with Gasteiger partial charge in [-0.05, 0) is 26.8 Å². The zero-order valence-corrected chi connectivity index (χ0v) is 17.5. The van der Waals surface area contributed by atoms with Gasteiger partial charge in [0, 0.05) is 25.2 Å². The Kier molecular flexibility index (Phi) is 5.33. The second-order valence-electron chi connectivity index (χ2n) is 8.35. The van der Waals surface area contributed by atoms with Gasteiger partial charge in [0.1, 0.15) is 17.2 Å². The van der Waals surface area contributed by atoms with Crippen LogP contribution in [0, 0.1) is 0 Å². The van der Waals surface area contributed by atoms with Crippen LogP contribution in [0.3, 0.4) is 0 Å². The normalized spacial score (nSPS) is 19.6. The van der Waals surface area contributed by atoms with Crippen LogP contribution in [0.15, 0.2) is 30.9 Å². The number of alkyl carbamates (subject to hydrolysis) is 1. The Morgan fingerprint density at radius 2 is 2.10 bits per heavy atom. The molecule has 4 rings (SSSR count). The fourth-order valence-corrected chi connectivity index (χ4v) is 3.29. The first-order valence-corrected chi connectivity index (χ1v) is 9.84. The maximum atomic E-state index is 12.1. The standard InChI is InChI=1S/C20H26N6O4/c1-20(2,3)30-19(27)23-14-7-15(12-28-11-14)29-18-17-5-6-21-26(17)10-16(24-18)13-8-22-25(4)9-13/h5-6,8-10,14-15H,7,11-12H2,1-4H3,(H,23,27)/t14-,15+/m0/s1. The number of hydrogen-bond donors (Lipinski definition) is 1. The first-order chi connectivity index (χ1) is 14.3. The molecule has 3 aromatic rings. The van der Waals surface area contributed by atoms with E-state index in [4.69, 9.17) is 14.2 Å². The third-order valence-electron chi connectivity index (χ3n) is 4.53. The van der Waals surface area contributed by atoms with Crippen molar-refractivity contribution in [3.05, 3.63) is 30.9 Å². The van der Waals surface area contributed by atoms with E-state index in [1.165, 1.54) is 0 Å². The van der Waals surface area contributed by atoms with Crippen molar-refractivity contribution in [2.24, 2.45) is 7.05 Å². The largest absolute Gasteiger partial charge is 0.470 e. The summed E-state index contributed by atoms with van der Waals surface area (Å²) in [6.45, 7) is 6.30. The van der Waals surface area contributed by atoms with E-state index in [-0.39, 0.29) is 12.1 Å². The molecule has 3 aromatic heterocycles. The minimum Gasteiger partial charge on any atom is -0.470 e. The fourth-order valence-electron chi connectivity index (χ4n) is 3.29. The molecule has 2 atom stereocenters. The van der Waals surface area contributed by atoms with Crippen LogP contribution in [-0.4, -0.2) is 61.4 Å². The summed E-state index contributed by atoms with van der Waals surface area (Å²) < 4.78 is 20.6. The Labute approximate surface area is 174 Å². The Morgan fingerprint density at radius 1 is 1.27 bits per heavy atom.